The average Bonchev–Trinajstić information content (AvgIpc) is 1.67. The lowest BCUT2D eigenvalue weighted by molar-refractivity contribution is 0.0729. The Kier molecular flexibility index (Phi) is 29.4. The second kappa shape index (κ2) is 41.5. The van der Waals surface area contributed by atoms with Crippen LogP contribution in [0.3, 0.4) is 0 Å². The van der Waals surface area contributed by atoms with Gasteiger partial charge in [-0.05, 0) is 141 Å². The highest BCUT2D eigenvalue weighted by Gasteiger charge is 2.25. The normalized spacial score (nSPS) is 11.4. The zero-order chi connectivity index (χ0) is 85.8. The Balaban J connectivity index is 0.000000126. The summed E-state index contributed by atoms with van der Waals surface area (Å²) in [4.78, 5) is 54.1. The van der Waals surface area contributed by atoms with Crippen molar-refractivity contribution in [3.05, 3.63) is 327 Å². The van der Waals surface area contributed by atoms with Gasteiger partial charge in [-0.25, -0.2) is 49.8 Å². The van der Waals surface area contributed by atoms with E-state index in [4.69, 9.17) is 59.5 Å². The quantitative estimate of drug-likeness (QED) is 0.0248. The molecule has 32 heteroatoms. The summed E-state index contributed by atoms with van der Waals surface area (Å²) in [6, 6.07) is 54.8. The van der Waals surface area contributed by atoms with Gasteiger partial charge in [-0.3, -0.25) is 32.0 Å². The smallest absolute Gasteiger partial charge is 0.181 e. The number of aliphatic hydroxyl groups excluding tert-OH is 1. The first-order chi connectivity index (χ1) is 59.9. The highest BCUT2D eigenvalue weighted by atomic mass is 79.9. The zero-order valence-electron chi connectivity index (χ0n) is 67.2. The third kappa shape index (κ3) is 21.8. The van der Waals surface area contributed by atoms with E-state index in [-0.39, 0.29) is 12.6 Å². The molecule has 26 nitrogen and oxygen atoms in total. The third-order valence-electron chi connectivity index (χ3n) is 19.2. The molecule has 0 aliphatic carbocycles. The first kappa shape index (κ1) is 87.1. The maximum absolute atomic E-state index is 10.5. The number of nitrogens with one attached hydrogen (secondary N) is 5. The Hall–Kier alpha value is -12.3. The highest BCUT2D eigenvalue weighted by Crippen LogP contribution is 2.35. The van der Waals surface area contributed by atoms with Crippen LogP contribution in [0.5, 0.6) is 0 Å². The number of nitrogens with zero attached hydrogens (tertiary/aromatic N) is 18. The predicted octanol–water partition coefficient (Wildman–Crippen LogP) is 20.7. The molecular formula is C91H85Br3Cl3N23O3. The van der Waals surface area contributed by atoms with Crippen LogP contribution in [-0.4, -0.2) is 136 Å². The zero-order valence-corrected chi connectivity index (χ0v) is 74.3. The minimum Gasteiger partial charge on any atom is -0.394 e. The Morgan fingerprint density at radius 1 is 0.455 bits per heavy atom. The van der Waals surface area contributed by atoms with Gasteiger partial charge in [-0.2, -0.15) is 0 Å². The minimum atomic E-state index is -1.02. The van der Waals surface area contributed by atoms with E-state index in [1.807, 2.05) is 242 Å². The van der Waals surface area contributed by atoms with Crippen molar-refractivity contribution in [1.29, 1.82) is 0 Å². The molecule has 0 aliphatic rings. The molecule has 18 aromatic rings. The minimum absolute atomic E-state index is 0.00599. The summed E-state index contributed by atoms with van der Waals surface area (Å²) in [5.41, 5.74) is 15.1. The van der Waals surface area contributed by atoms with E-state index in [1.54, 1.807) is 70.4 Å². The number of benzene rings is 5. The van der Waals surface area contributed by atoms with Crippen LogP contribution in [0.15, 0.2) is 289 Å². The number of hydrogen-bond donors (Lipinski definition) is 7. The summed E-state index contributed by atoms with van der Waals surface area (Å²) in [5, 5.41) is 38.4. The number of aryl methyl sites for hydroxylation is 1. The van der Waals surface area contributed by atoms with Crippen molar-refractivity contribution >= 4 is 146 Å². The van der Waals surface area contributed by atoms with Crippen LogP contribution in [0, 0.1) is 0 Å². The fourth-order valence-corrected chi connectivity index (χ4v) is 14.8. The van der Waals surface area contributed by atoms with Crippen LogP contribution >= 0.6 is 82.6 Å². The third-order valence-corrected chi connectivity index (χ3v) is 21.9. The molecule has 13 aromatic heterocycles. The van der Waals surface area contributed by atoms with Crippen molar-refractivity contribution in [2.45, 2.75) is 64.9 Å². The molecule has 0 bridgehead atoms. The van der Waals surface area contributed by atoms with Gasteiger partial charge < -0.3 is 46.1 Å². The first-order valence-corrected chi connectivity index (χ1v) is 42.7. The number of aliphatic hydroxyl groups is 2. The van der Waals surface area contributed by atoms with Gasteiger partial charge in [0.25, 0.3) is 0 Å². The summed E-state index contributed by atoms with van der Waals surface area (Å²) in [5.74, 6) is 3.48. The van der Waals surface area contributed by atoms with Gasteiger partial charge >= 0.3 is 0 Å². The number of pyridine rings is 2. The fraction of sp³-hybridized carbons (Fsp3) is 0.165. The lowest BCUT2D eigenvalue weighted by atomic mass is 10.1. The largest absolute Gasteiger partial charge is 0.394 e. The van der Waals surface area contributed by atoms with E-state index in [2.05, 4.69) is 138 Å². The van der Waals surface area contributed by atoms with Crippen LogP contribution in [-0.2, 0) is 30.0 Å². The van der Waals surface area contributed by atoms with Gasteiger partial charge in [0.2, 0.25) is 0 Å². The topological polar surface area (TPSA) is 292 Å². The second-order valence-electron chi connectivity index (χ2n) is 28.5. The van der Waals surface area contributed by atoms with E-state index in [9.17, 15) is 10.2 Å². The van der Waals surface area contributed by atoms with E-state index >= 15 is 0 Å². The molecule has 0 spiro atoms. The number of halogens is 6. The average molecular weight is 1890 g/mol. The molecular weight excluding hydrogens is 1810 g/mol. The van der Waals surface area contributed by atoms with Gasteiger partial charge in [0.1, 0.15) is 19.4 Å². The summed E-state index contributed by atoms with van der Waals surface area (Å²) in [6.07, 6.45) is 33.4. The van der Waals surface area contributed by atoms with Crippen LogP contribution in [0.25, 0.3) is 90.6 Å². The highest BCUT2D eigenvalue weighted by molar-refractivity contribution is 9.11. The summed E-state index contributed by atoms with van der Waals surface area (Å²) in [7, 11) is 1.69. The molecule has 0 radical (unpaired) electrons. The molecule has 1 unspecified atom stereocenters. The number of ether oxygens (including phenoxy) is 1. The number of anilines is 5. The summed E-state index contributed by atoms with van der Waals surface area (Å²) >= 11 is 29.5. The molecule has 1 atom stereocenters. The Bertz CT molecular complexity index is 6550. The Morgan fingerprint density at radius 2 is 0.846 bits per heavy atom. The standard InChI is InChI=1S/C21H21N5O.C20H17N5.C19H17BrClN5.C16H16BrClN4O.C15H14BrClN4O/c1-21(2,27)18-13-24-20-19(23-12-15-7-6-10-22-11-15)25-17(14-26(18)20)16-8-4-3-5-9-16;1-2-17-13-23-20-19(22-12-15-7-6-10-21-11-15)24-18(14-25(17)20)16-8-4-3-5-9-16;20-17-12-23-19-18(22-8-5-11-25-9-3-4-10-25)24-16(13-26(17)19)14-6-1-2-7-15(14)21;1-23-8-4-7-19-15-16-20-9-14(17)22(16)10-13(21-15)11-5-2-3-6-12(11)18;1-9(8-22)19-14-15-18-6-13(16)21(15)7-12(20-14)10-4-2-3-5-11(10)17/h3-11,13-14,27H,12H2,1-2H3,(H,23,25);2-11,13-14H,1,12H2,(H,22,24);1-4,6-7,9-10,12-13H,5,8,11H2,(H,22,24);2-3,5-6,9-10H,4,7-8H2,1H3,(H,19,21);2-7,9,22H,8H2,1H3,(H,19,20). The molecule has 0 fully saturated rings. The summed E-state index contributed by atoms with van der Waals surface area (Å²) in [6.45, 7) is 13.7. The molecule has 18 rings (SSSR count). The SMILES string of the molecule is C=Cc1cnc2c(NCc3cccnc3)nc(-c3ccccc3)cn12.CC(C)(O)c1cnc2c(NCc3cccnc3)nc(-c3ccccc3)cn12.CC(CO)Nc1nc(-c2ccccc2Cl)cn2c(Br)cnc12.COCCCNc1nc(-c2ccccc2Cl)cn2c(Br)cnc12.Clc1ccccc1-c1cn2c(Br)cnc2c(NCCCn2cccc2)n1. The van der Waals surface area contributed by atoms with Gasteiger partial charge in [0, 0.05) is 148 Å². The number of imidazole rings is 5. The lowest BCUT2D eigenvalue weighted by Gasteiger charge is -2.18. The van der Waals surface area contributed by atoms with Gasteiger partial charge in [0.05, 0.1) is 92.5 Å². The molecule has 0 saturated carbocycles. The van der Waals surface area contributed by atoms with Gasteiger partial charge in [0.15, 0.2) is 57.3 Å². The lowest BCUT2D eigenvalue weighted by Crippen LogP contribution is -2.20. The summed E-state index contributed by atoms with van der Waals surface area (Å²) < 4.78 is 19.5. The van der Waals surface area contributed by atoms with Crippen molar-refractivity contribution in [3.8, 4) is 56.3 Å². The predicted molar refractivity (Wildman–Crippen MR) is 501 cm³/mol. The van der Waals surface area contributed by atoms with Crippen molar-refractivity contribution in [1.82, 2.24) is 86.4 Å². The number of rotatable bonds is 26. The van der Waals surface area contributed by atoms with E-state index < -0.39 is 5.60 Å². The van der Waals surface area contributed by atoms with Gasteiger partial charge in [-0.15, -0.1) is 0 Å². The van der Waals surface area contributed by atoms with E-state index in [1.165, 1.54) is 0 Å². The number of methoxy groups -OCH3 is 1. The number of hydrogen-bond acceptors (Lipinski definition) is 20. The first-order valence-electron chi connectivity index (χ1n) is 39.2. The van der Waals surface area contributed by atoms with Crippen LogP contribution in [0.2, 0.25) is 15.1 Å². The molecule has 0 saturated heterocycles. The number of aromatic nitrogens is 18. The van der Waals surface area contributed by atoms with E-state index in [0.717, 1.165) is 154 Å². The Morgan fingerprint density at radius 3 is 1.28 bits per heavy atom. The molecule has 0 amide bonds. The maximum atomic E-state index is 10.5. The molecule has 123 heavy (non-hydrogen) atoms. The van der Waals surface area contributed by atoms with Crippen molar-refractivity contribution < 1.29 is 14.9 Å². The van der Waals surface area contributed by atoms with Crippen molar-refractivity contribution in [2.75, 3.05) is 60.0 Å². The molecule has 5 aromatic carbocycles. The van der Waals surface area contributed by atoms with Crippen LogP contribution in [0.1, 0.15) is 56.1 Å². The Labute approximate surface area is 749 Å². The van der Waals surface area contributed by atoms with Gasteiger partial charge in [-0.1, -0.05) is 169 Å². The van der Waals surface area contributed by atoms with Crippen molar-refractivity contribution in [2.24, 2.45) is 0 Å². The molecule has 13 heterocycles. The van der Waals surface area contributed by atoms with Crippen LogP contribution < -0.4 is 26.6 Å². The molecule has 624 valence electrons. The van der Waals surface area contributed by atoms with Crippen LogP contribution in [0.4, 0.5) is 29.1 Å². The second-order valence-corrected chi connectivity index (χ2v) is 32.1. The van der Waals surface area contributed by atoms with E-state index in [0.29, 0.717) is 63.4 Å². The maximum Gasteiger partial charge on any atom is 0.181 e. The molecule has 7 N–H and O–H groups in total. The monoisotopic (exact) mass is 1890 g/mol. The fourth-order valence-electron chi connectivity index (χ4n) is 13.0. The molecule has 0 aliphatic heterocycles. The number of fused-ring (bicyclic) bond motifs is 5. The van der Waals surface area contributed by atoms with Crippen molar-refractivity contribution in [3.63, 3.8) is 0 Å².